The van der Waals surface area contributed by atoms with Crippen LogP contribution in [0, 0.1) is 0 Å². The van der Waals surface area contributed by atoms with Gasteiger partial charge in [0.2, 0.25) is 5.78 Å². The maximum absolute atomic E-state index is 13.0. The van der Waals surface area contributed by atoms with Gasteiger partial charge >= 0.3 is 0 Å². The SMILES string of the molecule is CCCCCCN1C(=O)/C(=C/NCc2ccccc2)C(=O)c2ccccc21. The molecule has 0 bridgehead atoms. The van der Waals surface area contributed by atoms with E-state index >= 15 is 0 Å². The van der Waals surface area contributed by atoms with Gasteiger partial charge in [0, 0.05) is 24.9 Å². The summed E-state index contributed by atoms with van der Waals surface area (Å²) < 4.78 is 0. The fraction of sp³-hybridized carbons (Fsp3) is 0.304. The van der Waals surface area contributed by atoms with Gasteiger partial charge in [-0.15, -0.1) is 0 Å². The number of anilines is 1. The first kappa shape index (κ1) is 18.9. The monoisotopic (exact) mass is 362 g/mol. The van der Waals surface area contributed by atoms with E-state index < -0.39 is 0 Å². The number of nitrogens with zero attached hydrogens (tertiary/aromatic N) is 1. The normalized spacial score (nSPS) is 15.1. The van der Waals surface area contributed by atoms with Crippen molar-refractivity contribution in [3.8, 4) is 0 Å². The van der Waals surface area contributed by atoms with Gasteiger partial charge < -0.3 is 10.2 Å². The summed E-state index contributed by atoms with van der Waals surface area (Å²) in [5.74, 6) is -0.420. The molecule has 0 unspecified atom stereocenters. The molecule has 0 fully saturated rings. The Morgan fingerprint density at radius 2 is 1.67 bits per heavy atom. The van der Waals surface area contributed by atoms with E-state index in [0.29, 0.717) is 18.7 Å². The third kappa shape index (κ3) is 4.45. The topological polar surface area (TPSA) is 49.4 Å². The summed E-state index contributed by atoms with van der Waals surface area (Å²) in [5.41, 5.74) is 2.63. The Morgan fingerprint density at radius 3 is 2.44 bits per heavy atom. The second-order valence-electron chi connectivity index (χ2n) is 6.79. The molecule has 1 amide bonds. The first-order valence-electron chi connectivity index (χ1n) is 9.65. The van der Waals surface area contributed by atoms with E-state index in [0.717, 1.165) is 36.9 Å². The molecule has 4 heteroatoms. The molecule has 4 nitrogen and oxygen atoms in total. The number of nitrogens with one attached hydrogen (secondary N) is 1. The minimum Gasteiger partial charge on any atom is -0.386 e. The Morgan fingerprint density at radius 1 is 0.926 bits per heavy atom. The lowest BCUT2D eigenvalue weighted by Gasteiger charge is -2.30. The molecular formula is C23H26N2O2. The van der Waals surface area contributed by atoms with E-state index in [9.17, 15) is 9.59 Å². The molecule has 2 aromatic carbocycles. The minimum atomic E-state index is -0.212. The average molecular weight is 362 g/mol. The van der Waals surface area contributed by atoms with Gasteiger partial charge in [-0.2, -0.15) is 0 Å². The molecular weight excluding hydrogens is 336 g/mol. The molecule has 0 saturated heterocycles. The van der Waals surface area contributed by atoms with Crippen molar-refractivity contribution in [2.75, 3.05) is 11.4 Å². The number of unbranched alkanes of at least 4 members (excludes halogenated alkanes) is 3. The average Bonchev–Trinajstić information content (AvgIpc) is 2.71. The number of benzene rings is 2. The summed E-state index contributed by atoms with van der Waals surface area (Å²) in [7, 11) is 0. The number of carbonyl (C=O) groups excluding carboxylic acids is 2. The number of para-hydroxylation sites is 1. The van der Waals surface area contributed by atoms with Crippen molar-refractivity contribution < 1.29 is 9.59 Å². The molecule has 1 aliphatic heterocycles. The number of rotatable bonds is 8. The third-order valence-electron chi connectivity index (χ3n) is 4.79. The van der Waals surface area contributed by atoms with E-state index in [4.69, 9.17) is 0 Å². The number of amides is 1. The molecule has 1 heterocycles. The van der Waals surface area contributed by atoms with Crippen molar-refractivity contribution in [2.24, 2.45) is 0 Å². The Kier molecular flexibility index (Phi) is 6.42. The van der Waals surface area contributed by atoms with Gasteiger partial charge in [0.25, 0.3) is 5.91 Å². The molecule has 2 aromatic rings. The second-order valence-corrected chi connectivity index (χ2v) is 6.79. The first-order chi connectivity index (χ1) is 13.2. The number of fused-ring (bicyclic) bond motifs is 1. The maximum atomic E-state index is 13.0. The van der Waals surface area contributed by atoms with E-state index in [-0.39, 0.29) is 17.3 Å². The lowest BCUT2D eigenvalue weighted by molar-refractivity contribution is -0.115. The molecule has 0 radical (unpaired) electrons. The van der Waals surface area contributed by atoms with Crippen molar-refractivity contribution >= 4 is 17.4 Å². The number of ketones is 1. The van der Waals surface area contributed by atoms with Crippen LogP contribution in [0.25, 0.3) is 0 Å². The smallest absolute Gasteiger partial charge is 0.263 e. The van der Waals surface area contributed by atoms with Gasteiger partial charge in [0.1, 0.15) is 5.57 Å². The zero-order chi connectivity index (χ0) is 19.1. The molecule has 0 aromatic heterocycles. The Bertz CT molecular complexity index is 827. The standard InChI is InChI=1S/C23H26N2O2/c1-2-3-4-10-15-25-21-14-9-8-13-19(21)22(26)20(23(25)27)17-24-16-18-11-6-5-7-12-18/h5-9,11-14,17,24H,2-4,10,15-16H2,1H3/b20-17+. The lowest BCUT2D eigenvalue weighted by atomic mass is 9.95. The van der Waals surface area contributed by atoms with Gasteiger partial charge in [0.05, 0.1) is 5.69 Å². The Hall–Kier alpha value is -2.88. The molecule has 1 aliphatic rings. The molecule has 140 valence electrons. The summed E-state index contributed by atoms with van der Waals surface area (Å²) in [5, 5.41) is 3.13. The van der Waals surface area contributed by atoms with Crippen LogP contribution in [0.4, 0.5) is 5.69 Å². The van der Waals surface area contributed by atoms with Crippen molar-refractivity contribution in [2.45, 2.75) is 39.2 Å². The summed E-state index contributed by atoms with van der Waals surface area (Å²) >= 11 is 0. The summed E-state index contributed by atoms with van der Waals surface area (Å²) in [6.07, 6.45) is 5.91. The highest BCUT2D eigenvalue weighted by Crippen LogP contribution is 2.30. The Balaban J connectivity index is 1.79. The van der Waals surface area contributed by atoms with E-state index in [1.807, 2.05) is 48.5 Å². The van der Waals surface area contributed by atoms with Crippen LogP contribution in [-0.4, -0.2) is 18.2 Å². The second kappa shape index (κ2) is 9.17. The fourth-order valence-electron chi connectivity index (χ4n) is 3.31. The van der Waals surface area contributed by atoms with Crippen LogP contribution in [0.2, 0.25) is 0 Å². The van der Waals surface area contributed by atoms with Crippen LogP contribution >= 0.6 is 0 Å². The summed E-state index contributed by atoms with van der Waals surface area (Å²) in [6.45, 7) is 3.38. The molecule has 27 heavy (non-hydrogen) atoms. The molecule has 3 rings (SSSR count). The maximum Gasteiger partial charge on any atom is 0.263 e. The van der Waals surface area contributed by atoms with Gasteiger partial charge in [0.15, 0.2) is 0 Å². The molecule has 1 N–H and O–H groups in total. The van der Waals surface area contributed by atoms with Crippen LogP contribution in [0.5, 0.6) is 0 Å². The molecule has 0 spiro atoms. The number of carbonyl (C=O) groups is 2. The van der Waals surface area contributed by atoms with Crippen LogP contribution in [0.1, 0.15) is 48.5 Å². The van der Waals surface area contributed by atoms with Crippen molar-refractivity contribution in [1.29, 1.82) is 0 Å². The van der Waals surface area contributed by atoms with E-state index in [1.165, 1.54) is 0 Å². The van der Waals surface area contributed by atoms with Gasteiger partial charge in [-0.1, -0.05) is 68.7 Å². The van der Waals surface area contributed by atoms with E-state index in [1.54, 1.807) is 17.2 Å². The van der Waals surface area contributed by atoms with E-state index in [2.05, 4.69) is 12.2 Å². The van der Waals surface area contributed by atoms with Crippen molar-refractivity contribution in [1.82, 2.24) is 5.32 Å². The largest absolute Gasteiger partial charge is 0.386 e. The minimum absolute atomic E-state index is 0.207. The Labute approximate surface area is 160 Å². The van der Waals surface area contributed by atoms with Crippen LogP contribution in [0.3, 0.4) is 0 Å². The fourth-order valence-corrected chi connectivity index (χ4v) is 3.31. The van der Waals surface area contributed by atoms with Gasteiger partial charge in [-0.3, -0.25) is 9.59 Å². The highest BCUT2D eigenvalue weighted by molar-refractivity contribution is 6.34. The molecule has 0 saturated carbocycles. The lowest BCUT2D eigenvalue weighted by Crippen LogP contribution is -2.40. The number of hydrogen-bond acceptors (Lipinski definition) is 3. The van der Waals surface area contributed by atoms with Gasteiger partial charge in [-0.25, -0.2) is 0 Å². The number of Topliss-reactive ketones (excluding diaryl/α,β-unsaturated/α-hetero) is 1. The highest BCUT2D eigenvalue weighted by Gasteiger charge is 2.34. The van der Waals surface area contributed by atoms with Crippen molar-refractivity contribution in [3.05, 3.63) is 77.5 Å². The van der Waals surface area contributed by atoms with Crippen LogP contribution in [-0.2, 0) is 11.3 Å². The highest BCUT2D eigenvalue weighted by atomic mass is 16.2. The zero-order valence-electron chi connectivity index (χ0n) is 15.8. The van der Waals surface area contributed by atoms with Crippen LogP contribution < -0.4 is 10.2 Å². The quantitative estimate of drug-likeness (QED) is 0.428. The summed E-state index contributed by atoms with van der Waals surface area (Å²) in [6, 6.07) is 17.3. The van der Waals surface area contributed by atoms with Crippen LogP contribution in [0.15, 0.2) is 66.4 Å². The third-order valence-corrected chi connectivity index (χ3v) is 4.79. The summed E-state index contributed by atoms with van der Waals surface area (Å²) in [4.78, 5) is 27.6. The van der Waals surface area contributed by atoms with Gasteiger partial charge in [-0.05, 0) is 24.1 Å². The van der Waals surface area contributed by atoms with Crippen molar-refractivity contribution in [3.63, 3.8) is 0 Å². The molecule has 0 aliphatic carbocycles. The number of hydrogen-bond donors (Lipinski definition) is 1. The molecule has 0 atom stereocenters. The predicted octanol–water partition coefficient (Wildman–Crippen LogP) is 4.47. The first-order valence-corrected chi connectivity index (χ1v) is 9.65. The zero-order valence-corrected chi connectivity index (χ0v) is 15.8. The predicted molar refractivity (Wildman–Crippen MR) is 109 cm³/mol.